The summed E-state index contributed by atoms with van der Waals surface area (Å²) in [4.78, 5) is 22.3. The summed E-state index contributed by atoms with van der Waals surface area (Å²) in [5, 5.41) is 16.9. The van der Waals surface area contributed by atoms with Gasteiger partial charge in [0.1, 0.15) is 5.75 Å². The van der Waals surface area contributed by atoms with E-state index >= 15 is 0 Å². The number of carbonyl (C=O) groups excluding carboxylic acids is 1. The number of anilines is 1. The van der Waals surface area contributed by atoms with Gasteiger partial charge in [0.25, 0.3) is 5.69 Å². The lowest BCUT2D eigenvalue weighted by molar-refractivity contribution is -0.384. The molecule has 27 heavy (non-hydrogen) atoms. The number of ether oxygens (including phenoxy) is 1. The van der Waals surface area contributed by atoms with Crippen molar-refractivity contribution < 1.29 is 14.5 Å². The van der Waals surface area contributed by atoms with Gasteiger partial charge in [-0.05, 0) is 55.4 Å². The quantitative estimate of drug-likeness (QED) is 0.309. The maximum Gasteiger partial charge on any atom is 0.271 e. The first-order chi connectivity index (χ1) is 12.8. The molecule has 0 spiro atoms. The van der Waals surface area contributed by atoms with Crippen molar-refractivity contribution in [2.45, 2.75) is 19.8 Å². The summed E-state index contributed by atoms with van der Waals surface area (Å²) in [6.07, 6.45) is 0.732. The molecule has 2 aromatic rings. The third-order valence-electron chi connectivity index (χ3n) is 3.56. The maximum atomic E-state index is 11.9. The van der Waals surface area contributed by atoms with Gasteiger partial charge in [-0.15, -0.1) is 0 Å². The smallest absolute Gasteiger partial charge is 0.271 e. The Hall–Kier alpha value is -2.71. The zero-order chi connectivity index (χ0) is 19.8. The van der Waals surface area contributed by atoms with Crippen LogP contribution in [0.25, 0.3) is 0 Å². The van der Waals surface area contributed by atoms with Crippen LogP contribution in [0.5, 0.6) is 5.75 Å². The number of nitro groups is 1. The van der Waals surface area contributed by atoms with E-state index in [0.29, 0.717) is 29.5 Å². The van der Waals surface area contributed by atoms with Gasteiger partial charge in [-0.2, -0.15) is 0 Å². The number of rotatable bonds is 7. The molecule has 0 bridgehead atoms. The highest BCUT2D eigenvalue weighted by Crippen LogP contribution is 2.21. The Balaban J connectivity index is 1.75. The zero-order valence-corrected chi connectivity index (χ0v) is 16.1. The van der Waals surface area contributed by atoms with Crippen molar-refractivity contribution in [3.63, 3.8) is 0 Å². The van der Waals surface area contributed by atoms with Gasteiger partial charge in [0, 0.05) is 29.3 Å². The monoisotopic (exact) mass is 407 g/mol. The van der Waals surface area contributed by atoms with E-state index in [1.807, 2.05) is 0 Å². The first kappa shape index (κ1) is 20.6. The van der Waals surface area contributed by atoms with Crippen LogP contribution in [0, 0.1) is 17.0 Å². The van der Waals surface area contributed by atoms with E-state index in [4.69, 9.17) is 28.6 Å². The Morgan fingerprint density at radius 2 is 1.96 bits per heavy atom. The number of aryl methyl sites for hydroxylation is 1. The number of amides is 1. The molecule has 0 fully saturated rings. The van der Waals surface area contributed by atoms with Crippen molar-refractivity contribution >= 4 is 46.2 Å². The highest BCUT2D eigenvalue weighted by molar-refractivity contribution is 7.80. The number of hydrogen-bond donors (Lipinski definition) is 2. The molecular weight excluding hydrogens is 390 g/mol. The molecule has 0 saturated heterocycles. The van der Waals surface area contributed by atoms with Gasteiger partial charge in [0.15, 0.2) is 5.11 Å². The molecule has 142 valence electrons. The average Bonchev–Trinajstić information content (AvgIpc) is 2.62. The predicted octanol–water partition coefficient (Wildman–Crippen LogP) is 4.23. The number of nitrogens with one attached hydrogen (secondary N) is 2. The lowest BCUT2D eigenvalue weighted by Gasteiger charge is -2.12. The topological polar surface area (TPSA) is 93.5 Å². The zero-order valence-electron chi connectivity index (χ0n) is 14.5. The lowest BCUT2D eigenvalue weighted by Crippen LogP contribution is -2.34. The summed E-state index contributed by atoms with van der Waals surface area (Å²) in [7, 11) is 0. The fraction of sp³-hybridized carbons (Fsp3) is 0.222. The van der Waals surface area contributed by atoms with Gasteiger partial charge >= 0.3 is 0 Å². The Kier molecular flexibility index (Phi) is 7.51. The van der Waals surface area contributed by atoms with E-state index < -0.39 is 4.92 Å². The third kappa shape index (κ3) is 6.84. The summed E-state index contributed by atoms with van der Waals surface area (Å²) < 4.78 is 5.51. The Morgan fingerprint density at radius 1 is 1.26 bits per heavy atom. The van der Waals surface area contributed by atoms with Crippen molar-refractivity contribution in [3.05, 3.63) is 63.2 Å². The minimum Gasteiger partial charge on any atom is -0.494 e. The molecule has 0 aromatic heterocycles. The Labute approximate surface area is 166 Å². The normalized spacial score (nSPS) is 10.1. The summed E-state index contributed by atoms with van der Waals surface area (Å²) in [5.74, 6) is 0.411. The van der Waals surface area contributed by atoms with Crippen LogP contribution >= 0.6 is 23.8 Å². The van der Waals surface area contributed by atoms with Crippen molar-refractivity contribution in [1.29, 1.82) is 0 Å². The summed E-state index contributed by atoms with van der Waals surface area (Å²) >= 11 is 10.9. The van der Waals surface area contributed by atoms with Crippen LogP contribution < -0.4 is 15.4 Å². The SMILES string of the molecule is Cc1ccc([N+](=O)[O-])cc1NC(=S)NC(=O)CCCOc1ccc(Cl)cc1. The number of benzene rings is 2. The highest BCUT2D eigenvalue weighted by Gasteiger charge is 2.11. The average molecular weight is 408 g/mol. The van der Waals surface area contributed by atoms with Crippen LogP contribution in [0.2, 0.25) is 5.02 Å². The minimum atomic E-state index is -0.493. The molecule has 7 nitrogen and oxygen atoms in total. The van der Waals surface area contributed by atoms with E-state index in [2.05, 4.69) is 10.6 Å². The maximum absolute atomic E-state index is 11.9. The fourth-order valence-electron chi connectivity index (χ4n) is 2.15. The molecule has 9 heteroatoms. The molecule has 1 amide bonds. The molecule has 2 aromatic carbocycles. The van der Waals surface area contributed by atoms with Gasteiger partial charge in [-0.1, -0.05) is 17.7 Å². The summed E-state index contributed by atoms with van der Waals surface area (Å²) in [6.45, 7) is 2.16. The van der Waals surface area contributed by atoms with Gasteiger partial charge < -0.3 is 15.4 Å². The number of thiocarbonyl (C=S) groups is 1. The van der Waals surface area contributed by atoms with Crippen LogP contribution in [-0.2, 0) is 4.79 Å². The molecule has 0 aliphatic heterocycles. The molecular formula is C18H18ClN3O4S. The van der Waals surface area contributed by atoms with Gasteiger partial charge in [-0.25, -0.2) is 0 Å². The largest absolute Gasteiger partial charge is 0.494 e. The predicted molar refractivity (Wildman–Crippen MR) is 108 cm³/mol. The van der Waals surface area contributed by atoms with E-state index in [0.717, 1.165) is 5.56 Å². The van der Waals surface area contributed by atoms with Gasteiger partial charge in [0.05, 0.1) is 11.5 Å². The molecule has 2 N–H and O–H groups in total. The number of carbonyl (C=O) groups is 1. The van der Waals surface area contributed by atoms with E-state index in [9.17, 15) is 14.9 Å². The summed E-state index contributed by atoms with van der Waals surface area (Å²) in [5.41, 5.74) is 1.19. The lowest BCUT2D eigenvalue weighted by atomic mass is 10.2. The highest BCUT2D eigenvalue weighted by atomic mass is 35.5. The minimum absolute atomic E-state index is 0.0587. The Morgan fingerprint density at radius 3 is 2.63 bits per heavy atom. The van der Waals surface area contributed by atoms with E-state index in [1.165, 1.54) is 12.1 Å². The molecule has 0 heterocycles. The first-order valence-corrected chi connectivity index (χ1v) is 8.88. The van der Waals surface area contributed by atoms with Crippen molar-refractivity contribution in [3.8, 4) is 5.75 Å². The van der Waals surface area contributed by atoms with Crippen LogP contribution in [0.1, 0.15) is 18.4 Å². The van der Waals surface area contributed by atoms with Crippen molar-refractivity contribution in [2.24, 2.45) is 0 Å². The van der Waals surface area contributed by atoms with Crippen LogP contribution in [-0.4, -0.2) is 22.5 Å². The number of non-ortho nitro benzene ring substituents is 1. The second-order valence-corrected chi connectivity index (χ2v) is 6.51. The number of halogens is 1. The molecule has 0 unspecified atom stereocenters. The molecule has 0 saturated carbocycles. The van der Waals surface area contributed by atoms with Crippen molar-refractivity contribution in [1.82, 2.24) is 5.32 Å². The van der Waals surface area contributed by atoms with Crippen LogP contribution in [0.4, 0.5) is 11.4 Å². The van der Waals surface area contributed by atoms with Crippen molar-refractivity contribution in [2.75, 3.05) is 11.9 Å². The molecule has 0 atom stereocenters. The van der Waals surface area contributed by atoms with Gasteiger partial charge in [-0.3, -0.25) is 14.9 Å². The first-order valence-electron chi connectivity index (χ1n) is 8.09. The fourth-order valence-corrected chi connectivity index (χ4v) is 2.50. The molecule has 0 aliphatic rings. The number of nitro benzene ring substituents is 1. The second kappa shape index (κ2) is 9.84. The van der Waals surface area contributed by atoms with E-state index in [-0.39, 0.29) is 23.1 Å². The molecule has 2 rings (SSSR count). The summed E-state index contributed by atoms with van der Waals surface area (Å²) in [6, 6.07) is 11.3. The third-order valence-corrected chi connectivity index (χ3v) is 4.02. The number of nitrogens with zero attached hydrogens (tertiary/aromatic N) is 1. The standard InChI is InChI=1S/C18H18ClN3O4S/c1-12-4-7-14(22(24)25)11-16(12)20-18(27)21-17(23)3-2-10-26-15-8-5-13(19)6-9-15/h4-9,11H,2-3,10H2,1H3,(H2,20,21,23,27). The van der Waals surface area contributed by atoms with E-state index in [1.54, 1.807) is 37.3 Å². The van der Waals surface area contributed by atoms with Crippen LogP contribution in [0.3, 0.4) is 0 Å². The number of hydrogen-bond acceptors (Lipinski definition) is 5. The second-order valence-electron chi connectivity index (χ2n) is 5.66. The Bertz CT molecular complexity index is 843. The molecule has 0 aliphatic carbocycles. The molecule has 0 radical (unpaired) electrons. The van der Waals surface area contributed by atoms with Gasteiger partial charge in [0.2, 0.25) is 5.91 Å². The van der Waals surface area contributed by atoms with Crippen LogP contribution in [0.15, 0.2) is 42.5 Å².